The number of aromatic nitrogens is 1. The van der Waals surface area contributed by atoms with E-state index in [0.717, 1.165) is 19.0 Å². The van der Waals surface area contributed by atoms with Crippen LogP contribution in [0.25, 0.3) is 0 Å². The van der Waals surface area contributed by atoms with Crippen LogP contribution in [0.5, 0.6) is 0 Å². The Kier molecular flexibility index (Phi) is 1.98. The summed E-state index contributed by atoms with van der Waals surface area (Å²) in [6, 6.07) is 2.85. The van der Waals surface area contributed by atoms with Crippen LogP contribution in [-0.2, 0) is 14.9 Å². The maximum atomic E-state index is 12.6. The van der Waals surface area contributed by atoms with Crippen LogP contribution in [-0.4, -0.2) is 18.1 Å². The lowest BCUT2D eigenvalue weighted by Crippen LogP contribution is -2.22. The lowest BCUT2D eigenvalue weighted by atomic mass is 10.0. The van der Waals surface area contributed by atoms with Gasteiger partial charge in [0.1, 0.15) is 11.2 Å². The maximum Gasteiger partial charge on any atom is 0.317 e. The number of halogens is 1. The van der Waals surface area contributed by atoms with Crippen LogP contribution in [0.1, 0.15) is 18.5 Å². The average Bonchev–Trinajstić information content (AvgIpc) is 2.99. The van der Waals surface area contributed by atoms with Crippen molar-refractivity contribution in [3.63, 3.8) is 0 Å². The lowest BCUT2D eigenvalue weighted by Gasteiger charge is -2.10. The van der Waals surface area contributed by atoms with Crippen molar-refractivity contribution >= 4 is 5.97 Å². The summed E-state index contributed by atoms with van der Waals surface area (Å²) in [6.45, 7) is 0. The van der Waals surface area contributed by atoms with E-state index in [1.807, 2.05) is 0 Å². The Bertz CT molecular complexity index is 357. The Hall–Kier alpha value is -1.45. The number of carbonyl (C=O) groups excluding carboxylic acids is 1. The predicted octanol–water partition coefficient (Wildman–Crippen LogP) is 1.43. The van der Waals surface area contributed by atoms with Gasteiger partial charge < -0.3 is 4.74 Å². The highest BCUT2D eigenvalue weighted by Crippen LogP contribution is 2.48. The van der Waals surface area contributed by atoms with Gasteiger partial charge in [0.05, 0.1) is 19.0 Å². The molecular weight excluding hydrogens is 185 g/mol. The summed E-state index contributed by atoms with van der Waals surface area (Å²) < 4.78 is 17.3. The fourth-order valence-corrected chi connectivity index (χ4v) is 1.54. The van der Waals surface area contributed by atoms with E-state index in [9.17, 15) is 9.18 Å². The van der Waals surface area contributed by atoms with E-state index in [4.69, 9.17) is 0 Å². The second-order valence-electron chi connectivity index (χ2n) is 3.44. The third kappa shape index (κ3) is 1.27. The first-order chi connectivity index (χ1) is 6.69. The zero-order chi connectivity index (χ0) is 10.2. The number of hydrogen-bond donors (Lipinski definition) is 0. The average molecular weight is 195 g/mol. The second kappa shape index (κ2) is 3.04. The van der Waals surface area contributed by atoms with Gasteiger partial charge in [-0.3, -0.25) is 9.78 Å². The molecule has 14 heavy (non-hydrogen) atoms. The van der Waals surface area contributed by atoms with Crippen LogP contribution in [0.3, 0.4) is 0 Å². The largest absolute Gasteiger partial charge is 0.468 e. The molecular formula is C10H10FNO2. The first-order valence-corrected chi connectivity index (χ1v) is 4.39. The Balaban J connectivity index is 2.31. The quantitative estimate of drug-likeness (QED) is 0.670. The van der Waals surface area contributed by atoms with Crippen LogP contribution in [0.2, 0.25) is 0 Å². The van der Waals surface area contributed by atoms with Gasteiger partial charge >= 0.3 is 5.97 Å². The van der Waals surface area contributed by atoms with Crippen LogP contribution >= 0.6 is 0 Å². The van der Waals surface area contributed by atoms with Crippen LogP contribution in [0.4, 0.5) is 4.39 Å². The third-order valence-electron chi connectivity index (χ3n) is 2.54. The predicted molar refractivity (Wildman–Crippen MR) is 47.1 cm³/mol. The normalized spacial score (nSPS) is 17.6. The Labute approximate surface area is 80.9 Å². The van der Waals surface area contributed by atoms with Crippen LogP contribution < -0.4 is 0 Å². The molecule has 1 heterocycles. The van der Waals surface area contributed by atoms with Crippen molar-refractivity contribution in [2.24, 2.45) is 0 Å². The molecule has 0 aromatic carbocycles. The van der Waals surface area contributed by atoms with E-state index in [0.29, 0.717) is 5.69 Å². The van der Waals surface area contributed by atoms with Crippen molar-refractivity contribution in [3.05, 3.63) is 29.8 Å². The van der Waals surface area contributed by atoms with Crippen molar-refractivity contribution in [1.29, 1.82) is 0 Å². The summed E-state index contributed by atoms with van der Waals surface area (Å²) in [5, 5.41) is 0. The topological polar surface area (TPSA) is 39.2 Å². The molecule has 1 aliphatic carbocycles. The summed E-state index contributed by atoms with van der Waals surface area (Å²) in [4.78, 5) is 15.3. The van der Waals surface area contributed by atoms with E-state index in [2.05, 4.69) is 9.72 Å². The van der Waals surface area contributed by atoms with Gasteiger partial charge in [0.15, 0.2) is 0 Å². The van der Waals surface area contributed by atoms with Gasteiger partial charge in [-0.15, -0.1) is 0 Å². The maximum absolute atomic E-state index is 12.6. The number of methoxy groups -OCH3 is 1. The monoisotopic (exact) mass is 195 g/mol. The number of nitrogens with zero attached hydrogens (tertiary/aromatic N) is 1. The van der Waals surface area contributed by atoms with Gasteiger partial charge in [0.2, 0.25) is 0 Å². The van der Waals surface area contributed by atoms with Gasteiger partial charge in [-0.1, -0.05) is 0 Å². The molecule has 3 nitrogen and oxygen atoms in total. The second-order valence-corrected chi connectivity index (χ2v) is 3.44. The smallest absolute Gasteiger partial charge is 0.317 e. The molecule has 1 aromatic heterocycles. The van der Waals surface area contributed by atoms with Crippen molar-refractivity contribution < 1.29 is 13.9 Å². The molecule has 4 heteroatoms. The van der Waals surface area contributed by atoms with Crippen LogP contribution in [0.15, 0.2) is 18.3 Å². The van der Waals surface area contributed by atoms with Crippen molar-refractivity contribution in [2.45, 2.75) is 18.3 Å². The molecule has 0 bridgehead atoms. The number of ether oxygens (including phenoxy) is 1. The number of pyridine rings is 1. The van der Waals surface area contributed by atoms with Crippen molar-refractivity contribution in [3.8, 4) is 0 Å². The third-order valence-corrected chi connectivity index (χ3v) is 2.54. The Morgan fingerprint density at radius 3 is 2.71 bits per heavy atom. The number of carbonyl (C=O) groups is 1. The van der Waals surface area contributed by atoms with Gasteiger partial charge in [-0.05, 0) is 25.0 Å². The summed E-state index contributed by atoms with van der Waals surface area (Å²) >= 11 is 0. The number of rotatable bonds is 2. The highest BCUT2D eigenvalue weighted by molar-refractivity contribution is 5.85. The molecule has 0 saturated heterocycles. The molecule has 1 fully saturated rings. The summed E-state index contributed by atoms with van der Waals surface area (Å²) in [5.74, 6) is -0.675. The fraction of sp³-hybridized carbons (Fsp3) is 0.400. The first kappa shape index (κ1) is 9.12. The standard InChI is InChI=1S/C10H10FNO2/c1-14-9(13)10(4-5-10)8-3-2-7(11)6-12-8/h2-3,6H,4-5H2,1H3. The molecule has 0 spiro atoms. The number of hydrogen-bond acceptors (Lipinski definition) is 3. The zero-order valence-corrected chi connectivity index (χ0v) is 7.79. The molecule has 0 unspecified atom stereocenters. The first-order valence-electron chi connectivity index (χ1n) is 4.39. The zero-order valence-electron chi connectivity index (χ0n) is 7.79. The highest BCUT2D eigenvalue weighted by Gasteiger charge is 2.53. The summed E-state index contributed by atoms with van der Waals surface area (Å²) in [7, 11) is 1.35. The van der Waals surface area contributed by atoms with E-state index < -0.39 is 11.2 Å². The van der Waals surface area contributed by atoms with Gasteiger partial charge in [-0.25, -0.2) is 4.39 Å². The van der Waals surface area contributed by atoms with E-state index in [-0.39, 0.29) is 5.97 Å². The minimum atomic E-state index is -0.595. The SMILES string of the molecule is COC(=O)C1(c2ccc(F)cn2)CC1. The molecule has 74 valence electrons. The van der Waals surface area contributed by atoms with E-state index in [1.165, 1.54) is 13.2 Å². The summed E-state index contributed by atoms with van der Waals surface area (Å²) in [6.07, 6.45) is 2.59. The molecule has 2 rings (SSSR count). The lowest BCUT2D eigenvalue weighted by molar-refractivity contribution is -0.143. The van der Waals surface area contributed by atoms with Crippen molar-refractivity contribution in [1.82, 2.24) is 4.98 Å². The molecule has 1 aliphatic rings. The molecule has 0 amide bonds. The minimum Gasteiger partial charge on any atom is -0.468 e. The van der Waals surface area contributed by atoms with Crippen LogP contribution in [0, 0.1) is 5.82 Å². The van der Waals surface area contributed by atoms with E-state index >= 15 is 0 Å². The molecule has 0 N–H and O–H groups in total. The molecule has 0 aliphatic heterocycles. The van der Waals surface area contributed by atoms with Gasteiger partial charge in [-0.2, -0.15) is 0 Å². The molecule has 1 saturated carbocycles. The molecule has 0 atom stereocenters. The van der Waals surface area contributed by atoms with Crippen molar-refractivity contribution in [2.75, 3.05) is 7.11 Å². The van der Waals surface area contributed by atoms with E-state index in [1.54, 1.807) is 6.07 Å². The van der Waals surface area contributed by atoms with Gasteiger partial charge in [0.25, 0.3) is 0 Å². The molecule has 1 aromatic rings. The Morgan fingerprint density at radius 1 is 1.57 bits per heavy atom. The minimum absolute atomic E-state index is 0.281. The Morgan fingerprint density at radius 2 is 2.29 bits per heavy atom. The highest BCUT2D eigenvalue weighted by atomic mass is 19.1. The van der Waals surface area contributed by atoms with Gasteiger partial charge in [0, 0.05) is 0 Å². The number of esters is 1. The summed E-state index contributed by atoms with van der Waals surface area (Å²) in [5.41, 5.74) is 0.00775. The fourth-order valence-electron chi connectivity index (χ4n) is 1.54. The molecule has 0 radical (unpaired) electrons.